The van der Waals surface area contributed by atoms with E-state index in [9.17, 15) is 9.59 Å². The van der Waals surface area contributed by atoms with Gasteiger partial charge in [0, 0.05) is 43.6 Å². The predicted molar refractivity (Wildman–Crippen MR) is 99.1 cm³/mol. The lowest BCUT2D eigenvalue weighted by atomic mass is 10.1. The van der Waals surface area contributed by atoms with E-state index in [4.69, 9.17) is 9.47 Å². The van der Waals surface area contributed by atoms with Crippen molar-refractivity contribution in [2.45, 2.75) is 13.3 Å². The molecule has 1 aromatic carbocycles. The van der Waals surface area contributed by atoms with Gasteiger partial charge in [-0.1, -0.05) is 0 Å². The van der Waals surface area contributed by atoms with Crippen LogP contribution in [0.4, 0.5) is 0 Å². The summed E-state index contributed by atoms with van der Waals surface area (Å²) in [5, 5.41) is 0. The van der Waals surface area contributed by atoms with Crippen LogP contribution in [-0.4, -0.2) is 66.0 Å². The van der Waals surface area contributed by atoms with Gasteiger partial charge in [-0.15, -0.1) is 0 Å². The minimum absolute atomic E-state index is 0.0269. The molecule has 4 rings (SSSR count). The number of H-pyrrole nitrogens is 1. The van der Waals surface area contributed by atoms with E-state index in [0.717, 1.165) is 11.3 Å². The molecule has 0 radical (unpaired) electrons. The third-order valence-corrected chi connectivity index (χ3v) is 5.04. The van der Waals surface area contributed by atoms with E-state index >= 15 is 0 Å². The fourth-order valence-electron chi connectivity index (χ4n) is 3.50. The van der Waals surface area contributed by atoms with Crippen LogP contribution >= 0.6 is 0 Å². The van der Waals surface area contributed by atoms with E-state index < -0.39 is 0 Å². The third-order valence-electron chi connectivity index (χ3n) is 5.04. The summed E-state index contributed by atoms with van der Waals surface area (Å²) in [4.78, 5) is 32.0. The Morgan fingerprint density at radius 1 is 1.04 bits per heavy atom. The molecule has 2 aliphatic rings. The molecule has 1 N–H and O–H groups in total. The molecule has 2 aliphatic heterocycles. The number of carbonyl (C=O) groups excluding carboxylic acids is 2. The molecule has 0 saturated carbocycles. The Labute approximate surface area is 157 Å². The highest BCUT2D eigenvalue weighted by atomic mass is 16.6. The first kappa shape index (κ1) is 17.5. The number of hydrogen-bond donors (Lipinski definition) is 1. The van der Waals surface area contributed by atoms with Gasteiger partial charge in [0.15, 0.2) is 11.5 Å². The zero-order valence-electron chi connectivity index (χ0n) is 15.4. The van der Waals surface area contributed by atoms with Gasteiger partial charge in [-0.25, -0.2) is 0 Å². The maximum atomic E-state index is 13.0. The maximum Gasteiger partial charge on any atom is 0.254 e. The molecular formula is C20H23N3O4. The summed E-state index contributed by atoms with van der Waals surface area (Å²) >= 11 is 0. The Bertz CT molecular complexity index is 839. The zero-order valence-corrected chi connectivity index (χ0v) is 15.4. The van der Waals surface area contributed by atoms with Gasteiger partial charge in [0.1, 0.15) is 13.2 Å². The van der Waals surface area contributed by atoms with Crippen LogP contribution in [0.3, 0.4) is 0 Å². The molecule has 27 heavy (non-hydrogen) atoms. The van der Waals surface area contributed by atoms with Crippen molar-refractivity contribution in [1.29, 1.82) is 0 Å². The van der Waals surface area contributed by atoms with E-state index in [-0.39, 0.29) is 11.8 Å². The standard InChI is InChI=1S/C20H23N3O4/c1-14-11-17-18(27-10-9-26-17)13-16(14)20(25)23-7-5-22(6-8-23)19(24)12-15-3-2-4-21-15/h2-4,11,13,21H,5-10,12H2,1H3. The number of nitrogens with one attached hydrogen (secondary N) is 1. The van der Waals surface area contributed by atoms with Crippen LogP contribution in [0.25, 0.3) is 0 Å². The van der Waals surface area contributed by atoms with Crippen LogP contribution in [0.2, 0.25) is 0 Å². The number of hydrogen-bond acceptors (Lipinski definition) is 4. The summed E-state index contributed by atoms with van der Waals surface area (Å²) < 4.78 is 11.2. The monoisotopic (exact) mass is 369 g/mol. The molecule has 0 spiro atoms. The van der Waals surface area contributed by atoms with Gasteiger partial charge in [0.25, 0.3) is 5.91 Å². The molecule has 2 amide bonds. The first-order valence-corrected chi connectivity index (χ1v) is 9.21. The third kappa shape index (κ3) is 3.63. The number of carbonyl (C=O) groups is 2. The normalized spacial score (nSPS) is 16.3. The maximum absolute atomic E-state index is 13.0. The summed E-state index contributed by atoms with van der Waals surface area (Å²) in [7, 11) is 0. The number of rotatable bonds is 3. The molecule has 3 heterocycles. The first-order chi connectivity index (χ1) is 13.1. The lowest BCUT2D eigenvalue weighted by molar-refractivity contribution is -0.132. The number of aromatic amines is 1. The highest BCUT2D eigenvalue weighted by molar-refractivity contribution is 5.96. The van der Waals surface area contributed by atoms with Crippen molar-refractivity contribution >= 4 is 11.8 Å². The first-order valence-electron chi connectivity index (χ1n) is 9.21. The number of benzene rings is 1. The van der Waals surface area contributed by atoms with Crippen LogP contribution in [0, 0.1) is 6.92 Å². The number of amides is 2. The van der Waals surface area contributed by atoms with Crippen molar-refractivity contribution in [3.63, 3.8) is 0 Å². The second-order valence-electron chi connectivity index (χ2n) is 6.86. The van der Waals surface area contributed by atoms with Crippen LogP contribution in [0.1, 0.15) is 21.6 Å². The molecule has 7 nitrogen and oxygen atoms in total. The summed E-state index contributed by atoms with van der Waals surface area (Å²) in [6, 6.07) is 7.42. The van der Waals surface area contributed by atoms with Gasteiger partial charge in [-0.2, -0.15) is 0 Å². The Balaban J connectivity index is 1.39. The summed E-state index contributed by atoms with van der Waals surface area (Å²) in [6.45, 7) is 5.08. The average molecular weight is 369 g/mol. The Morgan fingerprint density at radius 2 is 1.70 bits per heavy atom. The molecule has 142 valence electrons. The van der Waals surface area contributed by atoms with Crippen molar-refractivity contribution in [2.75, 3.05) is 39.4 Å². The number of piperazine rings is 1. The smallest absolute Gasteiger partial charge is 0.254 e. The highest BCUT2D eigenvalue weighted by Gasteiger charge is 2.27. The lowest BCUT2D eigenvalue weighted by Gasteiger charge is -2.35. The number of aryl methyl sites for hydroxylation is 1. The molecule has 0 unspecified atom stereocenters. The Hall–Kier alpha value is -2.96. The largest absolute Gasteiger partial charge is 0.486 e. The molecule has 1 fully saturated rings. The molecule has 0 bridgehead atoms. The van der Waals surface area contributed by atoms with E-state index in [2.05, 4.69) is 4.98 Å². The summed E-state index contributed by atoms with van der Waals surface area (Å²) in [5.41, 5.74) is 2.41. The number of fused-ring (bicyclic) bond motifs is 1. The van der Waals surface area contributed by atoms with E-state index in [0.29, 0.717) is 62.9 Å². The van der Waals surface area contributed by atoms with Crippen LogP contribution in [0.5, 0.6) is 11.5 Å². The van der Waals surface area contributed by atoms with Gasteiger partial charge >= 0.3 is 0 Å². The van der Waals surface area contributed by atoms with Crippen molar-refractivity contribution < 1.29 is 19.1 Å². The topological polar surface area (TPSA) is 74.9 Å². The Kier molecular flexibility index (Phi) is 4.75. The SMILES string of the molecule is Cc1cc2c(cc1C(=O)N1CCN(C(=O)Cc3ccc[nH]3)CC1)OCCO2. The fourth-order valence-corrected chi connectivity index (χ4v) is 3.50. The quantitative estimate of drug-likeness (QED) is 0.892. The molecule has 7 heteroatoms. The predicted octanol–water partition coefficient (Wildman–Crippen LogP) is 1.62. The van der Waals surface area contributed by atoms with Gasteiger partial charge in [-0.05, 0) is 36.8 Å². The molecule has 2 aromatic rings. The summed E-state index contributed by atoms with van der Waals surface area (Å²) in [6.07, 6.45) is 2.18. The van der Waals surface area contributed by atoms with Crippen molar-refractivity contribution in [3.05, 3.63) is 47.3 Å². The van der Waals surface area contributed by atoms with Crippen LogP contribution < -0.4 is 9.47 Å². The van der Waals surface area contributed by atoms with Gasteiger partial charge in [0.2, 0.25) is 5.91 Å². The van der Waals surface area contributed by atoms with Gasteiger partial charge in [0.05, 0.1) is 6.42 Å². The van der Waals surface area contributed by atoms with Crippen LogP contribution in [-0.2, 0) is 11.2 Å². The second-order valence-corrected chi connectivity index (χ2v) is 6.86. The van der Waals surface area contributed by atoms with Gasteiger partial charge < -0.3 is 24.3 Å². The zero-order chi connectivity index (χ0) is 18.8. The van der Waals surface area contributed by atoms with Crippen molar-refractivity contribution in [2.24, 2.45) is 0 Å². The minimum Gasteiger partial charge on any atom is -0.486 e. The minimum atomic E-state index is -0.0269. The van der Waals surface area contributed by atoms with Crippen molar-refractivity contribution in [3.8, 4) is 11.5 Å². The van der Waals surface area contributed by atoms with E-state index in [1.165, 1.54) is 0 Å². The molecule has 1 aromatic heterocycles. The average Bonchev–Trinajstić information content (AvgIpc) is 3.20. The Morgan fingerprint density at radius 3 is 2.37 bits per heavy atom. The van der Waals surface area contributed by atoms with E-state index in [1.807, 2.05) is 36.2 Å². The number of nitrogens with zero attached hydrogens (tertiary/aromatic N) is 2. The molecule has 1 saturated heterocycles. The highest BCUT2D eigenvalue weighted by Crippen LogP contribution is 2.33. The second kappa shape index (κ2) is 7.34. The van der Waals surface area contributed by atoms with Crippen LogP contribution in [0.15, 0.2) is 30.5 Å². The van der Waals surface area contributed by atoms with E-state index in [1.54, 1.807) is 11.0 Å². The molecular weight excluding hydrogens is 346 g/mol. The lowest BCUT2D eigenvalue weighted by Crippen LogP contribution is -2.51. The molecule has 0 aliphatic carbocycles. The fraction of sp³-hybridized carbons (Fsp3) is 0.400. The van der Waals surface area contributed by atoms with Crippen molar-refractivity contribution in [1.82, 2.24) is 14.8 Å². The summed E-state index contributed by atoms with van der Waals surface area (Å²) in [5.74, 6) is 1.37. The number of ether oxygens (including phenoxy) is 2. The van der Waals surface area contributed by atoms with Gasteiger partial charge in [-0.3, -0.25) is 9.59 Å². The number of aromatic nitrogens is 1. The molecule has 0 atom stereocenters.